The maximum atomic E-state index is 5.53. The van der Waals surface area contributed by atoms with E-state index >= 15 is 0 Å². The van der Waals surface area contributed by atoms with Gasteiger partial charge in [0.15, 0.2) is 0 Å². The van der Waals surface area contributed by atoms with Gasteiger partial charge in [-0.2, -0.15) is 5.10 Å². The first-order chi connectivity index (χ1) is 6.86. The molecule has 3 heteroatoms. The van der Waals surface area contributed by atoms with Gasteiger partial charge in [-0.25, -0.2) is 0 Å². The summed E-state index contributed by atoms with van der Waals surface area (Å²) in [5, 5.41) is 3.46. The zero-order valence-electron chi connectivity index (χ0n) is 8.44. The highest BCUT2D eigenvalue weighted by Gasteiger charge is 1.94. The molecule has 0 spiro atoms. The third kappa shape index (κ3) is 3.47. The lowest BCUT2D eigenvalue weighted by molar-refractivity contribution is 0.309. The van der Waals surface area contributed by atoms with Gasteiger partial charge >= 0.3 is 0 Å². The molecule has 14 heavy (non-hydrogen) atoms. The Morgan fingerprint density at radius 1 is 1.50 bits per heavy atom. The monoisotopic (exact) mass is 192 g/mol. The smallest absolute Gasteiger partial charge is 0.119 e. The van der Waals surface area contributed by atoms with E-state index in [2.05, 4.69) is 12.0 Å². The van der Waals surface area contributed by atoms with Crippen LogP contribution >= 0.6 is 0 Å². The summed E-state index contributed by atoms with van der Waals surface area (Å²) in [4.78, 5) is 0. The largest absolute Gasteiger partial charge is 0.494 e. The van der Waals surface area contributed by atoms with Crippen LogP contribution in [0.5, 0.6) is 5.75 Å². The molecule has 0 saturated carbocycles. The first kappa shape index (κ1) is 10.6. The Kier molecular flexibility index (Phi) is 4.55. The van der Waals surface area contributed by atoms with Crippen LogP contribution in [0.2, 0.25) is 0 Å². The Labute approximate surface area is 84.6 Å². The fourth-order valence-corrected chi connectivity index (χ4v) is 1.11. The molecule has 3 nitrogen and oxygen atoms in total. The molecule has 0 aliphatic heterocycles. The molecule has 0 aromatic heterocycles. The van der Waals surface area contributed by atoms with Crippen molar-refractivity contribution in [2.45, 2.75) is 19.8 Å². The van der Waals surface area contributed by atoms with E-state index in [4.69, 9.17) is 10.6 Å². The number of nitrogens with two attached hydrogens (primary N) is 1. The minimum atomic E-state index is 0.764. The number of hydrazone groups is 1. The molecule has 0 radical (unpaired) electrons. The maximum Gasteiger partial charge on any atom is 0.119 e. The first-order valence-electron chi connectivity index (χ1n) is 4.83. The summed E-state index contributed by atoms with van der Waals surface area (Å²) in [5.41, 5.74) is 0.960. The second-order valence-electron chi connectivity index (χ2n) is 3.05. The minimum Gasteiger partial charge on any atom is -0.494 e. The fraction of sp³-hybridized carbons (Fsp3) is 0.364. The third-order valence-corrected chi connectivity index (χ3v) is 1.85. The first-order valence-corrected chi connectivity index (χ1v) is 4.83. The molecule has 0 saturated heterocycles. The molecular weight excluding hydrogens is 176 g/mol. The molecule has 0 atom stereocenters. The topological polar surface area (TPSA) is 47.6 Å². The van der Waals surface area contributed by atoms with Gasteiger partial charge in [-0.15, -0.1) is 0 Å². The molecule has 0 fully saturated rings. The molecule has 2 N–H and O–H groups in total. The highest BCUT2D eigenvalue weighted by atomic mass is 16.5. The van der Waals surface area contributed by atoms with Gasteiger partial charge in [0.25, 0.3) is 0 Å². The van der Waals surface area contributed by atoms with E-state index < -0.39 is 0 Å². The van der Waals surface area contributed by atoms with Gasteiger partial charge in [-0.3, -0.25) is 0 Å². The molecule has 76 valence electrons. The number of hydrogen-bond donors (Lipinski definition) is 1. The summed E-state index contributed by atoms with van der Waals surface area (Å²) in [6.07, 6.45) is 3.83. The predicted molar refractivity (Wildman–Crippen MR) is 58.6 cm³/mol. The van der Waals surface area contributed by atoms with Gasteiger partial charge in [-0.1, -0.05) is 25.5 Å². The summed E-state index contributed by atoms with van der Waals surface area (Å²) in [6, 6.07) is 7.72. The Bertz CT molecular complexity index is 297. The average Bonchev–Trinajstić information content (AvgIpc) is 2.19. The van der Waals surface area contributed by atoms with Crippen molar-refractivity contribution in [3.63, 3.8) is 0 Å². The summed E-state index contributed by atoms with van der Waals surface area (Å²) in [7, 11) is 0. The number of rotatable bonds is 5. The molecule has 1 aromatic rings. The Morgan fingerprint density at radius 3 is 3.07 bits per heavy atom. The molecule has 0 bridgehead atoms. The summed E-state index contributed by atoms with van der Waals surface area (Å²) in [6.45, 7) is 2.90. The van der Waals surface area contributed by atoms with Crippen molar-refractivity contribution in [2.75, 3.05) is 6.61 Å². The molecule has 0 unspecified atom stereocenters. The van der Waals surface area contributed by atoms with Crippen LogP contribution in [0.4, 0.5) is 0 Å². The van der Waals surface area contributed by atoms with E-state index in [-0.39, 0.29) is 0 Å². The molecule has 0 heterocycles. The maximum absolute atomic E-state index is 5.53. The summed E-state index contributed by atoms with van der Waals surface area (Å²) < 4.78 is 5.53. The van der Waals surface area contributed by atoms with Gasteiger partial charge in [0, 0.05) is 0 Å². The van der Waals surface area contributed by atoms with Crippen LogP contribution in [-0.2, 0) is 0 Å². The van der Waals surface area contributed by atoms with Crippen molar-refractivity contribution in [1.82, 2.24) is 0 Å². The quantitative estimate of drug-likeness (QED) is 0.336. The number of ether oxygens (including phenoxy) is 1. The molecule has 0 aliphatic rings. The zero-order valence-corrected chi connectivity index (χ0v) is 8.44. The van der Waals surface area contributed by atoms with Crippen molar-refractivity contribution in [2.24, 2.45) is 10.9 Å². The third-order valence-electron chi connectivity index (χ3n) is 1.85. The van der Waals surface area contributed by atoms with Gasteiger partial charge < -0.3 is 10.6 Å². The van der Waals surface area contributed by atoms with Gasteiger partial charge in [0.05, 0.1) is 12.8 Å². The molecule has 1 aromatic carbocycles. The zero-order chi connectivity index (χ0) is 10.2. The van der Waals surface area contributed by atoms with Crippen LogP contribution in [0, 0.1) is 0 Å². The number of hydrogen-bond acceptors (Lipinski definition) is 3. The predicted octanol–water partition coefficient (Wildman–Crippen LogP) is 2.16. The lowest BCUT2D eigenvalue weighted by Crippen LogP contribution is -1.97. The highest BCUT2D eigenvalue weighted by Crippen LogP contribution is 2.12. The van der Waals surface area contributed by atoms with E-state index in [0.717, 1.165) is 30.8 Å². The fourth-order valence-electron chi connectivity index (χ4n) is 1.11. The van der Waals surface area contributed by atoms with E-state index in [0.29, 0.717) is 0 Å². The van der Waals surface area contributed by atoms with Crippen molar-refractivity contribution in [1.29, 1.82) is 0 Å². The highest BCUT2D eigenvalue weighted by molar-refractivity contribution is 5.79. The van der Waals surface area contributed by atoms with Crippen molar-refractivity contribution >= 4 is 6.21 Å². The second-order valence-corrected chi connectivity index (χ2v) is 3.05. The Morgan fingerprint density at radius 2 is 2.36 bits per heavy atom. The molecule has 0 amide bonds. The summed E-state index contributed by atoms with van der Waals surface area (Å²) >= 11 is 0. The van der Waals surface area contributed by atoms with E-state index in [9.17, 15) is 0 Å². The van der Waals surface area contributed by atoms with E-state index in [1.54, 1.807) is 6.21 Å². The second kappa shape index (κ2) is 6.02. The SMILES string of the molecule is CCCCOc1cccc(C=NN)c1. The lowest BCUT2D eigenvalue weighted by Gasteiger charge is -2.05. The normalized spacial score (nSPS) is 10.6. The van der Waals surface area contributed by atoms with Crippen LogP contribution in [0.25, 0.3) is 0 Å². The van der Waals surface area contributed by atoms with Gasteiger partial charge in [0.1, 0.15) is 5.75 Å². The van der Waals surface area contributed by atoms with E-state index in [1.165, 1.54) is 0 Å². The number of nitrogens with zero attached hydrogens (tertiary/aromatic N) is 1. The Balaban J connectivity index is 2.54. The minimum absolute atomic E-state index is 0.764. The van der Waals surface area contributed by atoms with Gasteiger partial charge in [0.2, 0.25) is 0 Å². The van der Waals surface area contributed by atoms with Gasteiger partial charge in [-0.05, 0) is 24.1 Å². The lowest BCUT2D eigenvalue weighted by atomic mass is 10.2. The Hall–Kier alpha value is -1.51. The number of benzene rings is 1. The standard InChI is InChI=1S/C11H16N2O/c1-2-3-7-14-11-6-4-5-10(8-11)9-13-12/h4-6,8-9H,2-3,7,12H2,1H3. The summed E-state index contributed by atoms with van der Waals surface area (Å²) in [5.74, 6) is 5.93. The number of unbranched alkanes of at least 4 members (excludes halogenated alkanes) is 1. The van der Waals surface area contributed by atoms with Crippen LogP contribution < -0.4 is 10.6 Å². The van der Waals surface area contributed by atoms with E-state index in [1.807, 2.05) is 24.3 Å². The van der Waals surface area contributed by atoms with Crippen LogP contribution in [0.15, 0.2) is 29.4 Å². The molecular formula is C11H16N2O. The molecule has 0 aliphatic carbocycles. The van der Waals surface area contributed by atoms with Crippen LogP contribution in [0.1, 0.15) is 25.3 Å². The van der Waals surface area contributed by atoms with Crippen molar-refractivity contribution < 1.29 is 4.74 Å². The van der Waals surface area contributed by atoms with Crippen LogP contribution in [-0.4, -0.2) is 12.8 Å². The molecule has 1 rings (SSSR count). The van der Waals surface area contributed by atoms with Crippen molar-refractivity contribution in [3.8, 4) is 5.75 Å². The van der Waals surface area contributed by atoms with Crippen molar-refractivity contribution in [3.05, 3.63) is 29.8 Å². The van der Waals surface area contributed by atoms with Crippen LogP contribution in [0.3, 0.4) is 0 Å². The average molecular weight is 192 g/mol.